The van der Waals surface area contributed by atoms with Crippen LogP contribution in [0.1, 0.15) is 41.6 Å². The van der Waals surface area contributed by atoms with Crippen molar-refractivity contribution in [1.29, 1.82) is 0 Å². The number of fused-ring (bicyclic) bond motifs is 2. The average Bonchev–Trinajstić information content (AvgIpc) is 3.00. The standard InChI is InChI=1S/C16H21NO2/c1-10-7-13(5-6-15(10)19-2)16(18)17-14-9-11-3-4-12(14)8-11/h5-7,11-12,14H,3-4,8-9H2,1-2H3,(H,17,18)/t11-,12+,14+/m0/s1. The molecule has 2 fully saturated rings. The molecule has 3 nitrogen and oxygen atoms in total. The number of benzene rings is 1. The highest BCUT2D eigenvalue weighted by Gasteiger charge is 2.40. The van der Waals surface area contributed by atoms with E-state index in [2.05, 4.69) is 5.32 Å². The van der Waals surface area contributed by atoms with Crippen molar-refractivity contribution in [2.24, 2.45) is 11.8 Å². The SMILES string of the molecule is COc1ccc(C(=O)N[C@@H]2C[C@H]3CC[C@@H]2C3)cc1C. The van der Waals surface area contributed by atoms with E-state index in [1.165, 1.54) is 25.7 Å². The van der Waals surface area contributed by atoms with E-state index in [0.29, 0.717) is 12.0 Å². The first-order valence-corrected chi connectivity index (χ1v) is 7.13. The minimum Gasteiger partial charge on any atom is -0.496 e. The van der Waals surface area contributed by atoms with Crippen LogP contribution < -0.4 is 10.1 Å². The number of rotatable bonds is 3. The van der Waals surface area contributed by atoms with Gasteiger partial charge in [-0.15, -0.1) is 0 Å². The molecule has 3 atom stereocenters. The first-order chi connectivity index (χ1) is 9.17. The van der Waals surface area contributed by atoms with Gasteiger partial charge in [-0.3, -0.25) is 4.79 Å². The predicted molar refractivity (Wildman–Crippen MR) is 74.4 cm³/mol. The fraction of sp³-hybridized carbons (Fsp3) is 0.562. The molecule has 0 aromatic heterocycles. The summed E-state index contributed by atoms with van der Waals surface area (Å²) < 4.78 is 5.22. The maximum absolute atomic E-state index is 12.3. The van der Waals surface area contributed by atoms with Crippen molar-refractivity contribution in [3.05, 3.63) is 29.3 Å². The summed E-state index contributed by atoms with van der Waals surface area (Å²) in [4.78, 5) is 12.3. The lowest BCUT2D eigenvalue weighted by atomic mass is 9.95. The number of ether oxygens (including phenoxy) is 1. The van der Waals surface area contributed by atoms with Gasteiger partial charge in [0.1, 0.15) is 5.75 Å². The van der Waals surface area contributed by atoms with Crippen molar-refractivity contribution in [1.82, 2.24) is 5.32 Å². The number of carbonyl (C=O) groups excluding carboxylic acids is 1. The first-order valence-electron chi connectivity index (χ1n) is 7.13. The molecule has 2 bridgehead atoms. The van der Waals surface area contributed by atoms with Gasteiger partial charge in [0.15, 0.2) is 0 Å². The number of nitrogens with one attached hydrogen (secondary N) is 1. The Hall–Kier alpha value is -1.51. The molecule has 2 aliphatic rings. The van der Waals surface area contributed by atoms with Gasteiger partial charge in [-0.25, -0.2) is 0 Å². The fourth-order valence-corrected chi connectivity index (χ4v) is 3.69. The van der Waals surface area contributed by atoms with Crippen LogP contribution in [0.2, 0.25) is 0 Å². The Bertz CT molecular complexity index is 498. The molecule has 0 saturated heterocycles. The highest BCUT2D eigenvalue weighted by atomic mass is 16.5. The quantitative estimate of drug-likeness (QED) is 0.906. The van der Waals surface area contributed by atoms with Gasteiger partial charge < -0.3 is 10.1 Å². The van der Waals surface area contributed by atoms with E-state index in [1.54, 1.807) is 7.11 Å². The largest absolute Gasteiger partial charge is 0.496 e. The Morgan fingerprint density at radius 3 is 2.74 bits per heavy atom. The van der Waals surface area contributed by atoms with Gasteiger partial charge in [-0.1, -0.05) is 6.42 Å². The summed E-state index contributed by atoms with van der Waals surface area (Å²) in [6.45, 7) is 1.97. The lowest BCUT2D eigenvalue weighted by molar-refractivity contribution is 0.0923. The molecule has 1 amide bonds. The van der Waals surface area contributed by atoms with Crippen LogP contribution in [0.15, 0.2) is 18.2 Å². The molecule has 0 aliphatic heterocycles. The third kappa shape index (κ3) is 2.34. The zero-order valence-electron chi connectivity index (χ0n) is 11.6. The van der Waals surface area contributed by atoms with Crippen molar-refractivity contribution in [3.63, 3.8) is 0 Å². The van der Waals surface area contributed by atoms with Gasteiger partial charge in [0, 0.05) is 11.6 Å². The summed E-state index contributed by atoms with van der Waals surface area (Å²) in [7, 11) is 1.65. The minimum absolute atomic E-state index is 0.0586. The zero-order chi connectivity index (χ0) is 13.4. The summed E-state index contributed by atoms with van der Waals surface area (Å²) in [6, 6.07) is 6.01. The number of carbonyl (C=O) groups is 1. The predicted octanol–water partition coefficient (Wildman–Crippen LogP) is 2.92. The normalized spacial score (nSPS) is 28.4. The summed E-state index contributed by atoms with van der Waals surface area (Å²) in [6.07, 6.45) is 5.13. The molecule has 0 spiro atoms. The van der Waals surface area contributed by atoms with Crippen molar-refractivity contribution < 1.29 is 9.53 Å². The third-order valence-electron chi connectivity index (χ3n) is 4.71. The number of hydrogen-bond acceptors (Lipinski definition) is 2. The van der Waals surface area contributed by atoms with Gasteiger partial charge >= 0.3 is 0 Å². The van der Waals surface area contributed by atoms with E-state index in [-0.39, 0.29) is 5.91 Å². The minimum atomic E-state index is 0.0586. The van der Waals surface area contributed by atoms with Crippen LogP contribution in [0, 0.1) is 18.8 Å². The van der Waals surface area contributed by atoms with Crippen molar-refractivity contribution in [3.8, 4) is 5.75 Å². The molecule has 3 heteroatoms. The maximum atomic E-state index is 12.3. The van der Waals surface area contributed by atoms with Crippen LogP contribution in [0.5, 0.6) is 5.75 Å². The maximum Gasteiger partial charge on any atom is 0.251 e. The smallest absolute Gasteiger partial charge is 0.251 e. The molecule has 102 valence electrons. The Balaban J connectivity index is 1.69. The monoisotopic (exact) mass is 259 g/mol. The van der Waals surface area contributed by atoms with Crippen molar-refractivity contribution >= 4 is 5.91 Å². The lowest BCUT2D eigenvalue weighted by Crippen LogP contribution is -2.38. The van der Waals surface area contributed by atoms with E-state index >= 15 is 0 Å². The molecule has 1 aromatic rings. The van der Waals surface area contributed by atoms with Gasteiger partial charge in [0.05, 0.1) is 7.11 Å². The zero-order valence-corrected chi connectivity index (χ0v) is 11.6. The van der Waals surface area contributed by atoms with Crippen molar-refractivity contribution in [2.45, 2.75) is 38.6 Å². The molecule has 1 aromatic carbocycles. The van der Waals surface area contributed by atoms with E-state index < -0.39 is 0 Å². The van der Waals surface area contributed by atoms with Gasteiger partial charge in [-0.05, 0) is 61.8 Å². The molecule has 0 heterocycles. The molecular formula is C16H21NO2. The van der Waals surface area contributed by atoms with Gasteiger partial charge in [-0.2, -0.15) is 0 Å². The Kier molecular flexibility index (Phi) is 3.21. The highest BCUT2D eigenvalue weighted by Crippen LogP contribution is 2.44. The first kappa shape index (κ1) is 12.5. The van der Waals surface area contributed by atoms with Gasteiger partial charge in [0.25, 0.3) is 5.91 Å². The van der Waals surface area contributed by atoms with Crippen LogP contribution in [-0.4, -0.2) is 19.1 Å². The van der Waals surface area contributed by atoms with Crippen LogP contribution >= 0.6 is 0 Å². The van der Waals surface area contributed by atoms with E-state index in [0.717, 1.165) is 22.8 Å². The van der Waals surface area contributed by atoms with Crippen LogP contribution in [0.3, 0.4) is 0 Å². The molecule has 19 heavy (non-hydrogen) atoms. The fourth-order valence-electron chi connectivity index (χ4n) is 3.69. The number of methoxy groups -OCH3 is 1. The molecule has 0 radical (unpaired) electrons. The van der Waals surface area contributed by atoms with E-state index in [4.69, 9.17) is 4.74 Å². The summed E-state index contributed by atoms with van der Waals surface area (Å²) in [5.41, 5.74) is 1.74. The summed E-state index contributed by atoms with van der Waals surface area (Å²) in [5.74, 6) is 2.46. The second kappa shape index (κ2) is 4.87. The molecule has 1 N–H and O–H groups in total. The molecule has 2 saturated carbocycles. The molecule has 3 rings (SSSR count). The number of amides is 1. The molecule has 2 aliphatic carbocycles. The van der Waals surface area contributed by atoms with Crippen LogP contribution in [-0.2, 0) is 0 Å². The van der Waals surface area contributed by atoms with Crippen molar-refractivity contribution in [2.75, 3.05) is 7.11 Å². The molecule has 0 unspecified atom stereocenters. The topological polar surface area (TPSA) is 38.3 Å². The summed E-state index contributed by atoms with van der Waals surface area (Å²) in [5, 5.41) is 3.21. The number of aryl methyl sites for hydroxylation is 1. The Labute approximate surface area is 114 Å². The summed E-state index contributed by atoms with van der Waals surface area (Å²) >= 11 is 0. The Morgan fingerprint density at radius 1 is 1.32 bits per heavy atom. The van der Waals surface area contributed by atoms with E-state index in [9.17, 15) is 4.79 Å². The second-order valence-electron chi connectivity index (χ2n) is 5.94. The lowest BCUT2D eigenvalue weighted by Gasteiger charge is -2.23. The Morgan fingerprint density at radius 2 is 2.16 bits per heavy atom. The highest BCUT2D eigenvalue weighted by molar-refractivity contribution is 5.94. The third-order valence-corrected chi connectivity index (χ3v) is 4.71. The van der Waals surface area contributed by atoms with Gasteiger partial charge in [0.2, 0.25) is 0 Å². The second-order valence-corrected chi connectivity index (χ2v) is 5.94. The van der Waals surface area contributed by atoms with Crippen LogP contribution in [0.25, 0.3) is 0 Å². The number of hydrogen-bond donors (Lipinski definition) is 1. The average molecular weight is 259 g/mol. The molecular weight excluding hydrogens is 238 g/mol. The van der Waals surface area contributed by atoms with E-state index in [1.807, 2.05) is 25.1 Å². The van der Waals surface area contributed by atoms with Crippen LogP contribution in [0.4, 0.5) is 0 Å².